The van der Waals surface area contributed by atoms with Crippen molar-refractivity contribution in [3.8, 4) is 0 Å². The number of nitrogens with one attached hydrogen (secondary N) is 1. The number of hydrogen-bond donors (Lipinski definition) is 1. The average molecular weight is 440 g/mol. The van der Waals surface area contributed by atoms with E-state index in [0.717, 1.165) is 46.0 Å². The summed E-state index contributed by atoms with van der Waals surface area (Å²) in [5.74, 6) is 1.91. The summed E-state index contributed by atoms with van der Waals surface area (Å²) in [6.45, 7) is 2.46. The monoisotopic (exact) mass is 439 g/mol. The van der Waals surface area contributed by atoms with Crippen LogP contribution in [0, 0.1) is 0 Å². The van der Waals surface area contributed by atoms with Crippen molar-refractivity contribution < 1.29 is 8.42 Å². The summed E-state index contributed by atoms with van der Waals surface area (Å²) in [6, 6.07) is 19.4. The fourth-order valence-electron chi connectivity index (χ4n) is 3.58. The summed E-state index contributed by atoms with van der Waals surface area (Å²) in [7, 11) is -3.60. The van der Waals surface area contributed by atoms with Crippen molar-refractivity contribution in [2.24, 2.45) is 0 Å². The molecule has 1 atom stereocenters. The zero-order chi connectivity index (χ0) is 21.0. The second kappa shape index (κ2) is 9.20. The smallest absolute Gasteiger partial charge is 0.234 e. The van der Waals surface area contributed by atoms with Gasteiger partial charge in [-0.15, -0.1) is 0 Å². The topological polar surface area (TPSA) is 64.0 Å². The van der Waals surface area contributed by atoms with Crippen molar-refractivity contribution in [3.63, 3.8) is 0 Å². The molecule has 7 heteroatoms. The molecule has 0 saturated carbocycles. The van der Waals surface area contributed by atoms with E-state index in [9.17, 15) is 8.42 Å². The van der Waals surface area contributed by atoms with Crippen molar-refractivity contribution in [2.45, 2.75) is 31.7 Å². The molecule has 156 valence electrons. The summed E-state index contributed by atoms with van der Waals surface area (Å²) in [6.07, 6.45) is 2.61. The van der Waals surface area contributed by atoms with Gasteiger partial charge < -0.3 is 0 Å². The molecule has 2 heterocycles. The number of thioether (sulfide) groups is 1. The van der Waals surface area contributed by atoms with Gasteiger partial charge in [-0.3, -0.25) is 4.68 Å². The Kier molecular flexibility index (Phi) is 6.41. The fourth-order valence-corrected chi connectivity index (χ4v) is 5.59. The highest BCUT2D eigenvalue weighted by molar-refractivity contribution is 7.98. The van der Waals surface area contributed by atoms with Crippen LogP contribution in [0.1, 0.15) is 41.0 Å². The largest absolute Gasteiger partial charge is 0.260 e. The van der Waals surface area contributed by atoms with Crippen LogP contribution in [0.3, 0.4) is 0 Å². The molecule has 2 aromatic carbocycles. The van der Waals surface area contributed by atoms with Gasteiger partial charge in [-0.05, 0) is 29.9 Å². The first-order valence-electron chi connectivity index (χ1n) is 9.97. The minimum Gasteiger partial charge on any atom is -0.260 e. The summed E-state index contributed by atoms with van der Waals surface area (Å²) in [4.78, 5) is 0. The summed E-state index contributed by atoms with van der Waals surface area (Å²) >= 11 is 1.86. The molecule has 5 nitrogen and oxygen atoms in total. The predicted molar refractivity (Wildman–Crippen MR) is 124 cm³/mol. The Labute approximate surface area is 182 Å². The summed E-state index contributed by atoms with van der Waals surface area (Å²) in [5, 5.41) is 6.06. The maximum Gasteiger partial charge on any atom is 0.234 e. The van der Waals surface area contributed by atoms with Crippen LogP contribution >= 0.6 is 11.8 Å². The van der Waals surface area contributed by atoms with Crippen LogP contribution in [-0.4, -0.2) is 24.0 Å². The van der Waals surface area contributed by atoms with Gasteiger partial charge in [-0.2, -0.15) is 16.9 Å². The van der Waals surface area contributed by atoms with Crippen LogP contribution in [0.15, 0.2) is 66.1 Å². The van der Waals surface area contributed by atoms with Crippen LogP contribution in [0.25, 0.3) is 6.08 Å². The van der Waals surface area contributed by atoms with Crippen LogP contribution in [0.2, 0.25) is 0 Å². The molecule has 1 aliphatic heterocycles. The zero-order valence-electron chi connectivity index (χ0n) is 16.9. The van der Waals surface area contributed by atoms with E-state index >= 15 is 0 Å². The van der Waals surface area contributed by atoms with Gasteiger partial charge in [0.2, 0.25) is 10.0 Å². The van der Waals surface area contributed by atoms with E-state index < -0.39 is 10.0 Å². The van der Waals surface area contributed by atoms with Crippen LogP contribution in [0.4, 0.5) is 0 Å². The molecule has 1 N–H and O–H groups in total. The van der Waals surface area contributed by atoms with Gasteiger partial charge >= 0.3 is 0 Å². The molecule has 4 rings (SSSR count). The van der Waals surface area contributed by atoms with Crippen molar-refractivity contribution in [1.82, 2.24) is 14.5 Å². The van der Waals surface area contributed by atoms with Crippen LogP contribution < -0.4 is 4.72 Å². The normalized spacial score (nSPS) is 15.2. The Morgan fingerprint density at radius 2 is 1.83 bits per heavy atom. The zero-order valence-corrected chi connectivity index (χ0v) is 18.5. The number of aromatic nitrogens is 2. The maximum atomic E-state index is 12.7. The van der Waals surface area contributed by atoms with Crippen molar-refractivity contribution in [2.75, 3.05) is 5.75 Å². The molecule has 0 saturated heterocycles. The van der Waals surface area contributed by atoms with Gasteiger partial charge in [0.25, 0.3) is 0 Å². The lowest BCUT2D eigenvalue weighted by atomic mass is 10.1. The van der Waals surface area contributed by atoms with Gasteiger partial charge in [0.05, 0.1) is 17.9 Å². The molecule has 0 aliphatic carbocycles. The Bertz CT molecular complexity index is 1120. The van der Waals surface area contributed by atoms with E-state index in [0.29, 0.717) is 6.54 Å². The molecule has 30 heavy (non-hydrogen) atoms. The molecule has 0 radical (unpaired) electrons. The Balaban J connectivity index is 1.59. The Morgan fingerprint density at radius 3 is 2.57 bits per heavy atom. The van der Waals surface area contributed by atoms with Crippen molar-refractivity contribution in [1.29, 1.82) is 0 Å². The number of rotatable bonds is 7. The molecule has 0 fully saturated rings. The number of aryl methyl sites for hydroxylation is 1. The second-order valence-electron chi connectivity index (χ2n) is 7.35. The van der Waals surface area contributed by atoms with Crippen LogP contribution in [0.5, 0.6) is 0 Å². The number of fused-ring (bicyclic) bond motifs is 1. The molecule has 0 amide bonds. The fraction of sp³-hybridized carbons (Fsp3) is 0.261. The minimum absolute atomic E-state index is 0.306. The first-order chi connectivity index (χ1) is 14.5. The van der Waals surface area contributed by atoms with Gasteiger partial charge in [-0.25, -0.2) is 13.1 Å². The van der Waals surface area contributed by atoms with E-state index in [1.807, 2.05) is 71.9 Å². The van der Waals surface area contributed by atoms with Gasteiger partial charge in [0.1, 0.15) is 0 Å². The minimum atomic E-state index is -3.60. The van der Waals surface area contributed by atoms with E-state index in [1.165, 1.54) is 5.41 Å². The molecule has 3 aromatic rings. The maximum absolute atomic E-state index is 12.7. The van der Waals surface area contributed by atoms with E-state index in [1.54, 1.807) is 6.08 Å². The molecule has 1 aromatic heterocycles. The second-order valence-corrected chi connectivity index (χ2v) is 10.1. The predicted octanol–water partition coefficient (Wildman–Crippen LogP) is 4.37. The quantitative estimate of drug-likeness (QED) is 0.594. The molecule has 0 unspecified atom stereocenters. The molecule has 0 bridgehead atoms. The van der Waals surface area contributed by atoms with Gasteiger partial charge in [0, 0.05) is 29.2 Å². The van der Waals surface area contributed by atoms with Gasteiger partial charge in [-0.1, -0.05) is 60.7 Å². The number of nitrogens with zero attached hydrogens (tertiary/aromatic N) is 2. The Hall–Kier alpha value is -2.35. The summed E-state index contributed by atoms with van der Waals surface area (Å²) < 4.78 is 30.1. The number of sulfonamides is 1. The lowest BCUT2D eigenvalue weighted by molar-refractivity contribution is 0.576. The first-order valence-corrected chi connectivity index (χ1v) is 12.7. The lowest BCUT2D eigenvalue weighted by Gasteiger charge is -2.13. The van der Waals surface area contributed by atoms with Gasteiger partial charge in [0.15, 0.2) is 0 Å². The SMILES string of the molecule is C[C@H](NS(=O)(=O)/C=C/c1c2c(nn1Cc1ccccc1)CCSC2)c1ccccc1. The highest BCUT2D eigenvalue weighted by Crippen LogP contribution is 2.28. The highest BCUT2D eigenvalue weighted by Gasteiger charge is 2.20. The van der Waals surface area contributed by atoms with E-state index in [2.05, 4.69) is 16.9 Å². The van der Waals surface area contributed by atoms with Crippen molar-refractivity contribution in [3.05, 3.63) is 94.1 Å². The summed E-state index contributed by atoms with van der Waals surface area (Å²) in [5.41, 5.74) is 5.16. The number of benzene rings is 2. The van der Waals surface area contributed by atoms with Crippen molar-refractivity contribution >= 4 is 27.9 Å². The molecule has 0 spiro atoms. The van der Waals surface area contributed by atoms with Crippen LogP contribution in [-0.2, 0) is 28.7 Å². The third-order valence-electron chi connectivity index (χ3n) is 5.13. The number of hydrogen-bond acceptors (Lipinski definition) is 4. The third-order valence-corrected chi connectivity index (χ3v) is 7.29. The third kappa shape index (κ3) is 5.03. The Morgan fingerprint density at radius 1 is 1.13 bits per heavy atom. The first kappa shape index (κ1) is 20.9. The lowest BCUT2D eigenvalue weighted by Crippen LogP contribution is -2.24. The standard InChI is InChI=1S/C23H25N3O2S2/c1-18(20-10-6-3-7-11-20)25-30(27,28)15-13-23-21-17-29-14-12-22(21)24-26(23)16-19-8-4-2-5-9-19/h2-11,13,15,18,25H,12,14,16-17H2,1H3/b15-13+/t18-/m0/s1. The molecular formula is C23H25N3O2S2. The van der Waals surface area contributed by atoms with E-state index in [4.69, 9.17) is 5.10 Å². The molecular weight excluding hydrogens is 414 g/mol. The molecule has 1 aliphatic rings. The van der Waals surface area contributed by atoms with E-state index in [-0.39, 0.29) is 6.04 Å². The average Bonchev–Trinajstić information content (AvgIpc) is 3.10. The highest BCUT2D eigenvalue weighted by atomic mass is 32.2.